The van der Waals surface area contributed by atoms with Crippen LogP contribution in [0.15, 0.2) is 12.1 Å². The number of nitrogens with zero attached hydrogens (tertiary/aromatic N) is 2. The maximum absolute atomic E-state index is 13.3. The van der Waals surface area contributed by atoms with Crippen molar-refractivity contribution in [3.63, 3.8) is 0 Å². The fraction of sp³-hybridized carbons (Fsp3) is 0.667. The lowest BCUT2D eigenvalue weighted by Crippen LogP contribution is -2.50. The second-order valence-electron chi connectivity index (χ2n) is 8.37. The van der Waals surface area contributed by atoms with Gasteiger partial charge in [-0.25, -0.2) is 0 Å². The number of hydrogen-bond donors (Lipinski definition) is 1. The second-order valence-corrected chi connectivity index (χ2v) is 8.37. The van der Waals surface area contributed by atoms with Gasteiger partial charge in [0.2, 0.25) is 5.91 Å². The van der Waals surface area contributed by atoms with Gasteiger partial charge in [-0.15, -0.1) is 0 Å². The molecule has 1 atom stereocenters. The molecule has 2 heterocycles. The fourth-order valence-electron chi connectivity index (χ4n) is 4.56. The van der Waals surface area contributed by atoms with Crippen LogP contribution in [0.25, 0.3) is 0 Å². The van der Waals surface area contributed by atoms with Crippen LogP contribution in [0.2, 0.25) is 0 Å². The highest BCUT2D eigenvalue weighted by Gasteiger charge is 2.38. The van der Waals surface area contributed by atoms with Gasteiger partial charge < -0.3 is 25.0 Å². The van der Waals surface area contributed by atoms with E-state index in [1.54, 1.807) is 14.2 Å². The number of benzene rings is 1. The number of piperidine rings is 1. The molecule has 0 saturated carbocycles. The standard InChI is InChI=1S/C21H33N3O3/c1-21(2)14-24(20(25)15-6-5-8-23(12-15)9-7-22)13-16-10-18(26-3)19(27-4)11-17(16)21/h10-11,15H,5-9,12-14,22H2,1-4H3. The minimum atomic E-state index is -0.131. The van der Waals surface area contributed by atoms with Gasteiger partial charge in [0.1, 0.15) is 0 Å². The van der Waals surface area contributed by atoms with Crippen LogP contribution in [0.4, 0.5) is 0 Å². The average Bonchev–Trinajstić information content (AvgIpc) is 2.66. The van der Waals surface area contributed by atoms with Crippen molar-refractivity contribution >= 4 is 5.91 Å². The number of amides is 1. The van der Waals surface area contributed by atoms with E-state index in [9.17, 15) is 4.79 Å². The van der Waals surface area contributed by atoms with Gasteiger partial charge in [0.25, 0.3) is 0 Å². The first-order valence-electron chi connectivity index (χ1n) is 9.86. The molecule has 6 nitrogen and oxygen atoms in total. The summed E-state index contributed by atoms with van der Waals surface area (Å²) in [5.41, 5.74) is 7.95. The fourth-order valence-corrected chi connectivity index (χ4v) is 4.56. The number of hydrogen-bond acceptors (Lipinski definition) is 5. The summed E-state index contributed by atoms with van der Waals surface area (Å²) >= 11 is 0. The minimum absolute atomic E-state index is 0.0720. The molecule has 27 heavy (non-hydrogen) atoms. The van der Waals surface area contributed by atoms with Crippen LogP contribution < -0.4 is 15.2 Å². The van der Waals surface area contributed by atoms with Crippen LogP contribution in [0, 0.1) is 5.92 Å². The third-order valence-electron chi connectivity index (χ3n) is 5.90. The van der Waals surface area contributed by atoms with Gasteiger partial charge in [0.05, 0.1) is 20.1 Å². The Kier molecular flexibility index (Phi) is 5.96. The van der Waals surface area contributed by atoms with Gasteiger partial charge in [-0.05, 0) is 42.6 Å². The van der Waals surface area contributed by atoms with Crippen molar-refractivity contribution in [1.82, 2.24) is 9.80 Å². The topological polar surface area (TPSA) is 68.0 Å². The van der Waals surface area contributed by atoms with E-state index in [1.165, 1.54) is 5.56 Å². The first-order chi connectivity index (χ1) is 12.9. The maximum atomic E-state index is 13.3. The van der Waals surface area contributed by atoms with E-state index in [-0.39, 0.29) is 17.2 Å². The SMILES string of the molecule is COc1cc2c(cc1OC)C(C)(C)CN(C(=O)C1CCCN(CCN)C1)C2. The van der Waals surface area contributed by atoms with Crippen LogP contribution in [-0.4, -0.2) is 62.7 Å². The molecular weight excluding hydrogens is 342 g/mol. The summed E-state index contributed by atoms with van der Waals surface area (Å²) < 4.78 is 11.0. The molecule has 6 heteroatoms. The Labute approximate surface area is 162 Å². The Morgan fingerprint density at radius 3 is 2.63 bits per heavy atom. The minimum Gasteiger partial charge on any atom is -0.493 e. The number of likely N-dealkylation sites (tertiary alicyclic amines) is 1. The summed E-state index contributed by atoms with van der Waals surface area (Å²) in [5, 5.41) is 0. The van der Waals surface area contributed by atoms with Crippen LogP contribution >= 0.6 is 0 Å². The largest absolute Gasteiger partial charge is 0.493 e. The van der Waals surface area contributed by atoms with Crippen molar-refractivity contribution in [2.75, 3.05) is 46.9 Å². The highest BCUT2D eigenvalue weighted by Crippen LogP contribution is 2.40. The van der Waals surface area contributed by atoms with Crippen LogP contribution in [0.1, 0.15) is 37.8 Å². The lowest BCUT2D eigenvalue weighted by atomic mass is 9.77. The first-order valence-corrected chi connectivity index (χ1v) is 9.86. The van der Waals surface area contributed by atoms with Crippen molar-refractivity contribution in [3.05, 3.63) is 23.3 Å². The van der Waals surface area contributed by atoms with E-state index >= 15 is 0 Å². The third kappa shape index (κ3) is 4.06. The molecule has 0 radical (unpaired) electrons. The second kappa shape index (κ2) is 8.07. The molecule has 1 aromatic rings. The lowest BCUT2D eigenvalue weighted by Gasteiger charge is -2.42. The van der Waals surface area contributed by atoms with Crippen LogP contribution in [-0.2, 0) is 16.8 Å². The molecule has 150 valence electrons. The molecule has 1 saturated heterocycles. The molecule has 2 aliphatic heterocycles. The molecule has 0 aliphatic carbocycles. The molecule has 1 unspecified atom stereocenters. The Hall–Kier alpha value is -1.79. The number of carbonyl (C=O) groups excluding carboxylic acids is 1. The van der Waals surface area contributed by atoms with E-state index < -0.39 is 0 Å². The average molecular weight is 376 g/mol. The van der Waals surface area contributed by atoms with E-state index in [0.717, 1.165) is 50.3 Å². The van der Waals surface area contributed by atoms with Gasteiger partial charge in [-0.3, -0.25) is 4.79 Å². The monoisotopic (exact) mass is 375 g/mol. The summed E-state index contributed by atoms with van der Waals surface area (Å²) in [4.78, 5) is 17.6. The Bertz CT molecular complexity index is 687. The van der Waals surface area contributed by atoms with E-state index in [1.807, 2.05) is 11.0 Å². The predicted octanol–water partition coefficient (Wildman–Crippen LogP) is 1.99. The molecule has 1 amide bonds. The van der Waals surface area contributed by atoms with Crippen molar-refractivity contribution in [1.29, 1.82) is 0 Å². The van der Waals surface area contributed by atoms with Gasteiger partial charge in [-0.1, -0.05) is 13.8 Å². The zero-order valence-electron chi connectivity index (χ0n) is 17.1. The Balaban J connectivity index is 1.82. The van der Waals surface area contributed by atoms with Crippen molar-refractivity contribution < 1.29 is 14.3 Å². The molecule has 1 fully saturated rings. The summed E-state index contributed by atoms with van der Waals surface area (Å²) in [6, 6.07) is 4.09. The Morgan fingerprint density at radius 1 is 1.26 bits per heavy atom. The zero-order valence-corrected chi connectivity index (χ0v) is 17.1. The maximum Gasteiger partial charge on any atom is 0.227 e. The molecule has 0 bridgehead atoms. The van der Waals surface area contributed by atoms with E-state index in [4.69, 9.17) is 15.2 Å². The molecular formula is C21H33N3O3. The number of rotatable bonds is 5. The third-order valence-corrected chi connectivity index (χ3v) is 5.90. The number of ether oxygens (including phenoxy) is 2. The van der Waals surface area contributed by atoms with Crippen molar-refractivity contribution in [2.45, 2.75) is 38.6 Å². The highest BCUT2D eigenvalue weighted by molar-refractivity contribution is 5.80. The predicted molar refractivity (Wildman–Crippen MR) is 106 cm³/mol. The van der Waals surface area contributed by atoms with Crippen molar-refractivity contribution in [3.8, 4) is 11.5 Å². The summed E-state index contributed by atoms with van der Waals surface area (Å²) in [7, 11) is 3.31. The molecule has 2 N–H and O–H groups in total. The zero-order chi connectivity index (χ0) is 19.6. The summed E-state index contributed by atoms with van der Waals surface area (Å²) in [6.45, 7) is 9.13. The Morgan fingerprint density at radius 2 is 1.96 bits per heavy atom. The molecule has 2 aliphatic rings. The molecule has 1 aromatic carbocycles. The van der Waals surface area contributed by atoms with Crippen molar-refractivity contribution in [2.24, 2.45) is 11.7 Å². The smallest absolute Gasteiger partial charge is 0.227 e. The quantitative estimate of drug-likeness (QED) is 0.852. The summed E-state index contributed by atoms with van der Waals surface area (Å²) in [6.07, 6.45) is 2.03. The van der Waals surface area contributed by atoms with Crippen LogP contribution in [0.3, 0.4) is 0 Å². The normalized spacial score (nSPS) is 22.3. The van der Waals surface area contributed by atoms with Gasteiger partial charge in [0, 0.05) is 38.1 Å². The number of carbonyl (C=O) groups is 1. The van der Waals surface area contributed by atoms with E-state index in [0.29, 0.717) is 18.8 Å². The molecule has 3 rings (SSSR count). The number of methoxy groups -OCH3 is 2. The van der Waals surface area contributed by atoms with E-state index in [2.05, 4.69) is 24.8 Å². The van der Waals surface area contributed by atoms with Gasteiger partial charge in [0.15, 0.2) is 11.5 Å². The lowest BCUT2D eigenvalue weighted by molar-refractivity contribution is -0.139. The first kappa shape index (κ1) is 20.0. The number of fused-ring (bicyclic) bond motifs is 1. The highest BCUT2D eigenvalue weighted by atomic mass is 16.5. The number of nitrogens with two attached hydrogens (primary N) is 1. The molecule has 0 spiro atoms. The van der Waals surface area contributed by atoms with Gasteiger partial charge in [-0.2, -0.15) is 0 Å². The van der Waals surface area contributed by atoms with Crippen LogP contribution in [0.5, 0.6) is 11.5 Å². The van der Waals surface area contributed by atoms with Gasteiger partial charge >= 0.3 is 0 Å². The summed E-state index contributed by atoms with van der Waals surface area (Å²) in [5.74, 6) is 1.80. The molecule has 0 aromatic heterocycles.